The molecule has 0 aromatic carbocycles. The fourth-order valence-corrected chi connectivity index (χ4v) is 2.41. The van der Waals surface area contributed by atoms with Crippen LogP contribution in [0.1, 0.15) is 58.3 Å². The van der Waals surface area contributed by atoms with Crippen LogP contribution in [-0.2, 0) is 14.3 Å². The van der Waals surface area contributed by atoms with Crippen LogP contribution in [0.5, 0.6) is 0 Å². The number of quaternary nitrogens is 1. The third-order valence-electron chi connectivity index (χ3n) is 3.53. The lowest BCUT2D eigenvalue weighted by Crippen LogP contribution is -2.44. The number of carboxylic acids is 1. The molecule has 0 amide bonds. The summed E-state index contributed by atoms with van der Waals surface area (Å²) < 4.78 is 5.62. The van der Waals surface area contributed by atoms with Gasteiger partial charge in [0.2, 0.25) is 0 Å². The van der Waals surface area contributed by atoms with Crippen molar-refractivity contribution in [1.29, 1.82) is 0 Å². The summed E-state index contributed by atoms with van der Waals surface area (Å²) in [6.07, 6.45) is 7.86. The molecule has 0 aliphatic carbocycles. The van der Waals surface area contributed by atoms with Crippen molar-refractivity contribution in [1.82, 2.24) is 0 Å². The summed E-state index contributed by atoms with van der Waals surface area (Å²) in [6.45, 7) is 2.53. The number of allylic oxidation sites excluding steroid dienone is 1. The van der Waals surface area contributed by atoms with Gasteiger partial charge in [0.1, 0.15) is 6.54 Å². The van der Waals surface area contributed by atoms with Gasteiger partial charge < -0.3 is 19.4 Å². The van der Waals surface area contributed by atoms with E-state index in [1.165, 1.54) is 25.3 Å². The molecule has 0 aliphatic rings. The molecule has 0 bridgehead atoms. The molecule has 0 saturated heterocycles. The number of hydrogen-bond acceptors (Lipinski definition) is 4. The number of likely N-dealkylation sites (N-methyl/N-ethyl adjacent to an activating group) is 1. The van der Waals surface area contributed by atoms with E-state index in [9.17, 15) is 14.7 Å². The number of rotatable bonds is 13. The molecule has 0 heterocycles. The number of hydrogen-bond donors (Lipinski definition) is 2. The topological polar surface area (TPSA) is 83.8 Å². The summed E-state index contributed by atoms with van der Waals surface area (Å²) in [5.41, 5.74) is 0. The van der Waals surface area contributed by atoms with E-state index in [4.69, 9.17) is 9.84 Å². The van der Waals surface area contributed by atoms with Crippen molar-refractivity contribution in [2.75, 3.05) is 27.7 Å². The van der Waals surface area contributed by atoms with Crippen molar-refractivity contribution in [3.63, 3.8) is 0 Å². The predicted molar refractivity (Wildman–Crippen MR) is 93.7 cm³/mol. The summed E-state index contributed by atoms with van der Waals surface area (Å²) in [6, 6.07) is 0. The molecule has 1 unspecified atom stereocenters. The Morgan fingerprint density at radius 3 is 2.17 bits per heavy atom. The van der Waals surface area contributed by atoms with Gasteiger partial charge in [0.05, 0.1) is 27.6 Å². The molecular weight excluding hydrogens is 310 g/mol. The molecule has 0 aromatic heterocycles. The number of carboxylic acid groups (broad SMARTS) is 1. The first-order valence-corrected chi connectivity index (χ1v) is 8.78. The Labute approximate surface area is 145 Å². The first kappa shape index (κ1) is 22.4. The summed E-state index contributed by atoms with van der Waals surface area (Å²) >= 11 is 0. The second-order valence-electron chi connectivity index (χ2n) is 7.24. The Morgan fingerprint density at radius 2 is 1.62 bits per heavy atom. The molecule has 0 aliphatic heterocycles. The van der Waals surface area contributed by atoms with E-state index in [0.29, 0.717) is 17.4 Å². The maximum Gasteiger partial charge on any atom is 0.373 e. The van der Waals surface area contributed by atoms with Gasteiger partial charge in [-0.2, -0.15) is 0 Å². The average Bonchev–Trinajstić information content (AvgIpc) is 2.43. The maximum atomic E-state index is 11.9. The number of esters is 1. The van der Waals surface area contributed by atoms with E-state index in [2.05, 4.69) is 6.92 Å². The Balaban J connectivity index is 4.31. The SMILES string of the molecule is CCCCCCCC/C=C(\O)C(=O)OC(CC(=O)O)C[N+](C)(C)C. The van der Waals surface area contributed by atoms with Crippen LogP contribution in [0, 0.1) is 0 Å². The molecule has 2 N–H and O–H groups in total. The lowest BCUT2D eigenvalue weighted by Gasteiger charge is -2.28. The van der Waals surface area contributed by atoms with E-state index < -0.39 is 23.8 Å². The van der Waals surface area contributed by atoms with Crippen molar-refractivity contribution in [2.24, 2.45) is 0 Å². The van der Waals surface area contributed by atoms with Crippen LogP contribution in [0.15, 0.2) is 11.8 Å². The molecule has 24 heavy (non-hydrogen) atoms. The van der Waals surface area contributed by atoms with Crippen LogP contribution in [0.2, 0.25) is 0 Å². The minimum Gasteiger partial charge on any atom is -0.502 e. The van der Waals surface area contributed by atoms with Crippen molar-refractivity contribution in [2.45, 2.75) is 64.4 Å². The van der Waals surface area contributed by atoms with E-state index in [1.807, 2.05) is 21.1 Å². The molecule has 1 atom stereocenters. The van der Waals surface area contributed by atoms with Crippen LogP contribution in [0.3, 0.4) is 0 Å². The molecule has 0 saturated carbocycles. The van der Waals surface area contributed by atoms with Gasteiger partial charge in [-0.3, -0.25) is 4.79 Å². The second kappa shape index (κ2) is 11.9. The molecule has 140 valence electrons. The largest absolute Gasteiger partial charge is 0.502 e. The first-order chi connectivity index (χ1) is 11.2. The number of nitrogens with zero attached hydrogens (tertiary/aromatic N) is 1. The van der Waals surface area contributed by atoms with E-state index >= 15 is 0 Å². The highest BCUT2D eigenvalue weighted by molar-refractivity contribution is 5.86. The maximum absolute atomic E-state index is 11.9. The van der Waals surface area contributed by atoms with Crippen molar-refractivity contribution in [3.05, 3.63) is 11.8 Å². The molecule has 6 nitrogen and oxygen atoms in total. The summed E-state index contributed by atoms with van der Waals surface area (Å²) in [7, 11) is 5.66. The zero-order chi connectivity index (χ0) is 18.6. The Hall–Kier alpha value is -1.56. The van der Waals surface area contributed by atoms with Crippen molar-refractivity contribution in [3.8, 4) is 0 Å². The molecule has 6 heteroatoms. The number of ether oxygens (including phenoxy) is 1. The fraction of sp³-hybridized carbons (Fsp3) is 0.778. The van der Waals surface area contributed by atoms with Crippen LogP contribution >= 0.6 is 0 Å². The Morgan fingerprint density at radius 1 is 1.04 bits per heavy atom. The second-order valence-corrected chi connectivity index (χ2v) is 7.24. The fourth-order valence-electron chi connectivity index (χ4n) is 2.41. The van der Waals surface area contributed by atoms with Gasteiger partial charge in [0.15, 0.2) is 11.9 Å². The monoisotopic (exact) mass is 344 g/mol. The Bertz CT molecular complexity index is 412. The number of unbranched alkanes of at least 4 members (excludes halogenated alkanes) is 6. The van der Waals surface area contributed by atoms with E-state index in [1.54, 1.807) is 0 Å². The normalized spacial score (nSPS) is 13.6. The zero-order valence-electron chi connectivity index (χ0n) is 15.6. The standard InChI is InChI=1S/C18H33NO5/c1-5-6-7-8-9-10-11-12-16(20)18(23)24-15(13-17(21)22)14-19(2,3)4/h12,15H,5-11,13-14H2,1-4H3,(H-,20,21,22)/p+1/b16-12-. The van der Waals surface area contributed by atoms with Crippen molar-refractivity contribution < 1.29 is 29.0 Å². The van der Waals surface area contributed by atoms with Gasteiger partial charge in [-0.25, -0.2) is 4.79 Å². The highest BCUT2D eigenvalue weighted by atomic mass is 16.6. The number of aliphatic hydroxyl groups is 1. The van der Waals surface area contributed by atoms with Gasteiger partial charge in [0.25, 0.3) is 0 Å². The number of aliphatic hydroxyl groups excluding tert-OH is 1. The summed E-state index contributed by atoms with van der Waals surface area (Å²) in [4.78, 5) is 22.8. The highest BCUT2D eigenvalue weighted by Gasteiger charge is 2.25. The van der Waals surface area contributed by atoms with Gasteiger partial charge >= 0.3 is 11.9 Å². The van der Waals surface area contributed by atoms with Crippen molar-refractivity contribution >= 4 is 11.9 Å². The lowest BCUT2D eigenvalue weighted by molar-refractivity contribution is -0.873. The third kappa shape index (κ3) is 12.9. The van der Waals surface area contributed by atoms with E-state index in [-0.39, 0.29) is 6.42 Å². The lowest BCUT2D eigenvalue weighted by atomic mass is 10.1. The number of carbonyl (C=O) groups is 2. The van der Waals surface area contributed by atoms with Crippen LogP contribution in [0.4, 0.5) is 0 Å². The smallest absolute Gasteiger partial charge is 0.373 e. The molecule has 0 aromatic rings. The number of aliphatic carboxylic acids is 1. The minimum absolute atomic E-state index is 0.272. The Kier molecular flexibility index (Phi) is 11.1. The van der Waals surface area contributed by atoms with Crippen LogP contribution in [0.25, 0.3) is 0 Å². The first-order valence-electron chi connectivity index (χ1n) is 8.78. The number of carbonyl (C=O) groups excluding carboxylic acids is 1. The molecule has 0 rings (SSSR count). The third-order valence-corrected chi connectivity index (χ3v) is 3.53. The van der Waals surface area contributed by atoms with Gasteiger partial charge in [0, 0.05) is 0 Å². The molecule has 0 fully saturated rings. The van der Waals surface area contributed by atoms with Gasteiger partial charge in [-0.1, -0.05) is 39.0 Å². The predicted octanol–water partition coefficient (Wildman–Crippen LogP) is 3.27. The average molecular weight is 344 g/mol. The summed E-state index contributed by atoms with van der Waals surface area (Å²) in [5.74, 6) is -2.31. The molecular formula is C18H34NO5+. The summed E-state index contributed by atoms with van der Waals surface area (Å²) in [5, 5.41) is 18.7. The van der Waals surface area contributed by atoms with Gasteiger partial charge in [-0.05, 0) is 18.9 Å². The van der Waals surface area contributed by atoms with Crippen LogP contribution in [-0.4, -0.2) is 60.4 Å². The zero-order valence-corrected chi connectivity index (χ0v) is 15.6. The molecule has 0 radical (unpaired) electrons. The quantitative estimate of drug-likeness (QED) is 0.176. The highest BCUT2D eigenvalue weighted by Crippen LogP contribution is 2.10. The minimum atomic E-state index is -1.03. The van der Waals surface area contributed by atoms with Gasteiger partial charge in [-0.15, -0.1) is 0 Å². The van der Waals surface area contributed by atoms with E-state index in [0.717, 1.165) is 19.3 Å². The molecule has 0 spiro atoms. The van der Waals surface area contributed by atoms with Crippen LogP contribution < -0.4 is 0 Å².